The molecule has 1 aromatic carbocycles. The summed E-state index contributed by atoms with van der Waals surface area (Å²) in [6.45, 7) is 8.09. The number of hydrogen-bond donors (Lipinski definition) is 2. The quantitative estimate of drug-likeness (QED) is 0.430. The molecule has 22 heavy (non-hydrogen) atoms. The van der Waals surface area contributed by atoms with E-state index in [9.17, 15) is 4.79 Å². The van der Waals surface area contributed by atoms with Gasteiger partial charge in [0.1, 0.15) is 0 Å². The molecule has 0 bridgehead atoms. The summed E-state index contributed by atoms with van der Waals surface area (Å²) in [5.74, 6) is 0. The molecule has 0 heterocycles. The zero-order valence-corrected chi connectivity index (χ0v) is 16.6. The number of amidine groups is 1. The first-order valence-electron chi connectivity index (χ1n) is 7.44. The third kappa shape index (κ3) is 8.26. The van der Waals surface area contributed by atoms with E-state index in [4.69, 9.17) is 10.5 Å². The zero-order valence-electron chi connectivity index (χ0n) is 13.8. The summed E-state index contributed by atoms with van der Waals surface area (Å²) < 4.78 is 7.22. The molecule has 0 aliphatic rings. The van der Waals surface area contributed by atoms with Crippen LogP contribution in [0.15, 0.2) is 29.3 Å². The number of hydrogen-bond acceptors (Lipinski definition) is 3. The number of carbonyl (C=O) groups excluding carboxylic acids is 1. The van der Waals surface area contributed by atoms with Crippen molar-refractivity contribution in [1.82, 2.24) is 5.32 Å². The molecule has 0 fully saturated rings. The van der Waals surface area contributed by atoms with E-state index in [0.717, 1.165) is 15.1 Å². The van der Waals surface area contributed by atoms with Crippen LogP contribution >= 0.6 is 0 Å². The van der Waals surface area contributed by atoms with Crippen molar-refractivity contribution in [2.24, 2.45) is 10.7 Å². The molecule has 0 aliphatic carbocycles. The molecule has 5 nitrogen and oxygen atoms in total. The Hall–Kier alpha value is -1.24. The Labute approximate surface area is 142 Å². The van der Waals surface area contributed by atoms with E-state index in [1.54, 1.807) is 0 Å². The first-order valence-corrected chi connectivity index (χ1v) is 10.9. The topological polar surface area (TPSA) is 76.7 Å². The molecular weight excluding hydrogens is 385 g/mol. The standard InChI is InChI=1S/C13H18N3O2.C3H7.Sn/c1-13(2,3)18-12(17)15-8-10-5-4-6-11(7-10)16-9-14;1-3-2;/h4-7H,8H2,1-3H3,(H2,14,16)(H,15,17);1,3H2,2H3;. The second-order valence-corrected chi connectivity index (χ2v) is 9.85. The minimum absolute atomic E-state index is 0.410. The molecule has 0 aromatic heterocycles. The number of nitrogens with zero attached hydrogens (tertiary/aromatic N) is 1. The van der Waals surface area contributed by atoms with Crippen LogP contribution in [-0.4, -0.2) is 36.7 Å². The van der Waals surface area contributed by atoms with Crippen molar-refractivity contribution in [2.45, 2.75) is 50.7 Å². The molecule has 0 saturated heterocycles. The van der Waals surface area contributed by atoms with Gasteiger partial charge in [-0.1, -0.05) is 0 Å². The fourth-order valence-electron chi connectivity index (χ4n) is 1.66. The second kappa shape index (κ2) is 9.02. The number of nitrogens with one attached hydrogen (secondary N) is 1. The van der Waals surface area contributed by atoms with Crippen molar-refractivity contribution >= 4 is 36.8 Å². The predicted octanol–water partition coefficient (Wildman–Crippen LogP) is 3.19. The van der Waals surface area contributed by atoms with Crippen molar-refractivity contribution in [3.63, 3.8) is 0 Å². The van der Waals surface area contributed by atoms with Gasteiger partial charge in [0.2, 0.25) is 0 Å². The summed E-state index contributed by atoms with van der Waals surface area (Å²) in [6.07, 6.45) is 0.750. The number of carbonyl (C=O) groups is 1. The number of alkyl carbamates (subject to hydrolysis) is 1. The van der Waals surface area contributed by atoms with Gasteiger partial charge in [0.25, 0.3) is 0 Å². The van der Waals surface area contributed by atoms with Crippen LogP contribution in [0.1, 0.15) is 39.7 Å². The van der Waals surface area contributed by atoms with Crippen molar-refractivity contribution in [3.8, 4) is 0 Å². The fraction of sp³-hybridized carbons (Fsp3) is 0.500. The number of ether oxygens (including phenoxy) is 1. The molecule has 0 unspecified atom stereocenters. The van der Waals surface area contributed by atoms with Gasteiger partial charge in [-0.25, -0.2) is 0 Å². The number of amides is 1. The normalized spacial score (nSPS) is 12.1. The molecule has 1 aromatic rings. The summed E-state index contributed by atoms with van der Waals surface area (Å²) >= 11 is -0.702. The van der Waals surface area contributed by atoms with Crippen LogP contribution in [-0.2, 0) is 11.3 Å². The van der Waals surface area contributed by atoms with Gasteiger partial charge < -0.3 is 0 Å². The molecular formula is C16H25N3O2Sn. The Kier molecular flexibility index (Phi) is 7.71. The Balaban J connectivity index is 2.59. The fourth-order valence-corrected chi connectivity index (χ4v) is 3.69. The van der Waals surface area contributed by atoms with Gasteiger partial charge in [0.15, 0.2) is 0 Å². The van der Waals surface area contributed by atoms with E-state index in [1.807, 2.05) is 45.0 Å². The first-order chi connectivity index (χ1) is 10.3. The van der Waals surface area contributed by atoms with Gasteiger partial charge in [-0.15, -0.1) is 0 Å². The molecule has 0 aliphatic heterocycles. The minimum atomic E-state index is -0.702. The molecule has 120 valence electrons. The van der Waals surface area contributed by atoms with Crippen LogP contribution in [0.2, 0.25) is 4.44 Å². The van der Waals surface area contributed by atoms with Crippen LogP contribution in [0, 0.1) is 0 Å². The zero-order chi connectivity index (χ0) is 16.6. The molecule has 1 amide bonds. The van der Waals surface area contributed by atoms with Gasteiger partial charge in [-0.2, -0.15) is 0 Å². The predicted molar refractivity (Wildman–Crippen MR) is 91.7 cm³/mol. The van der Waals surface area contributed by atoms with E-state index in [-0.39, 0.29) is 0 Å². The Bertz CT molecular complexity index is 524. The summed E-state index contributed by atoms with van der Waals surface area (Å²) in [4.78, 5) is 16.1. The third-order valence-corrected chi connectivity index (χ3v) is 6.05. The van der Waals surface area contributed by atoms with Crippen molar-refractivity contribution in [3.05, 3.63) is 29.8 Å². The van der Waals surface area contributed by atoms with Gasteiger partial charge in [-0.05, 0) is 0 Å². The molecule has 0 spiro atoms. The first kappa shape index (κ1) is 18.8. The van der Waals surface area contributed by atoms with E-state index in [1.165, 1.54) is 10.9 Å². The maximum atomic E-state index is 11.6. The van der Waals surface area contributed by atoms with Crippen LogP contribution < -0.4 is 11.1 Å². The summed E-state index contributed by atoms with van der Waals surface area (Å²) in [7, 11) is 0. The monoisotopic (exact) mass is 411 g/mol. The van der Waals surface area contributed by atoms with Crippen LogP contribution in [0.3, 0.4) is 0 Å². The van der Waals surface area contributed by atoms with E-state index < -0.39 is 32.8 Å². The molecule has 0 atom stereocenters. The molecule has 2 radical (unpaired) electrons. The van der Waals surface area contributed by atoms with E-state index in [2.05, 4.69) is 17.2 Å². The number of nitrogens with two attached hydrogens (primary N) is 1. The van der Waals surface area contributed by atoms with E-state index in [0.29, 0.717) is 6.54 Å². The second-order valence-electron chi connectivity index (χ2n) is 5.95. The average Bonchev–Trinajstić information content (AvgIpc) is 2.41. The van der Waals surface area contributed by atoms with Crippen LogP contribution in [0.4, 0.5) is 10.5 Å². The molecule has 6 heteroatoms. The summed E-state index contributed by atoms with van der Waals surface area (Å²) in [5.41, 5.74) is 7.30. The van der Waals surface area contributed by atoms with Crippen LogP contribution in [0.5, 0.6) is 0 Å². The average molecular weight is 410 g/mol. The maximum absolute atomic E-state index is 11.6. The Morgan fingerprint density at radius 3 is 2.77 bits per heavy atom. The number of rotatable bonds is 6. The molecule has 0 saturated carbocycles. The van der Waals surface area contributed by atoms with Crippen molar-refractivity contribution < 1.29 is 9.53 Å². The molecule has 1 rings (SSSR count). The van der Waals surface area contributed by atoms with E-state index >= 15 is 0 Å². The number of benzene rings is 1. The SMILES string of the molecule is CC[CH2][Sn][C](N)=Nc1cccc(CNC(=O)OC(C)(C)C)c1. The number of aliphatic imine (C=N–C) groups is 1. The van der Waals surface area contributed by atoms with Crippen molar-refractivity contribution in [1.29, 1.82) is 0 Å². The third-order valence-electron chi connectivity index (χ3n) is 2.55. The Morgan fingerprint density at radius 1 is 1.41 bits per heavy atom. The van der Waals surface area contributed by atoms with Gasteiger partial charge in [-0.3, -0.25) is 0 Å². The van der Waals surface area contributed by atoms with Crippen molar-refractivity contribution in [2.75, 3.05) is 0 Å². The Morgan fingerprint density at radius 2 is 2.14 bits per heavy atom. The summed E-state index contributed by atoms with van der Waals surface area (Å²) in [6, 6.07) is 7.73. The summed E-state index contributed by atoms with van der Waals surface area (Å²) in [5, 5.41) is 2.74. The van der Waals surface area contributed by atoms with Gasteiger partial charge in [0, 0.05) is 0 Å². The van der Waals surface area contributed by atoms with Crippen LogP contribution in [0.25, 0.3) is 0 Å². The van der Waals surface area contributed by atoms with Gasteiger partial charge >= 0.3 is 143 Å². The molecule has 3 N–H and O–H groups in total. The van der Waals surface area contributed by atoms with Gasteiger partial charge in [0.05, 0.1) is 0 Å².